The van der Waals surface area contributed by atoms with E-state index in [1.165, 1.54) is 4.31 Å². The quantitative estimate of drug-likeness (QED) is 0.526. The van der Waals surface area contributed by atoms with Gasteiger partial charge in [0.05, 0.1) is 11.1 Å². The Hall–Kier alpha value is -2.76. The van der Waals surface area contributed by atoms with Gasteiger partial charge in [-0.05, 0) is 50.2 Å². The number of fused-ring (bicyclic) bond motifs is 1. The molecule has 2 heterocycles. The molecular weight excluding hydrogens is 470 g/mol. The first-order valence-electron chi connectivity index (χ1n) is 12.1. The summed E-state index contributed by atoms with van der Waals surface area (Å²) in [6, 6.07) is 8.67. The zero-order valence-electron chi connectivity index (χ0n) is 19.8. The van der Waals surface area contributed by atoms with Gasteiger partial charge in [-0.15, -0.1) is 0 Å². The van der Waals surface area contributed by atoms with Gasteiger partial charge in [0.25, 0.3) is 5.91 Å². The first-order chi connectivity index (χ1) is 16.4. The molecule has 2 fully saturated rings. The molecule has 0 radical (unpaired) electrons. The highest BCUT2D eigenvalue weighted by Crippen LogP contribution is 2.22. The topological polar surface area (TPSA) is 152 Å². The minimum Gasteiger partial charge on any atom is -0.412 e. The summed E-state index contributed by atoms with van der Waals surface area (Å²) >= 11 is 0. The summed E-state index contributed by atoms with van der Waals surface area (Å²) in [6.07, 6.45) is 8.88. The van der Waals surface area contributed by atoms with E-state index < -0.39 is 16.2 Å². The number of amides is 3. The molecule has 1 saturated carbocycles. The average Bonchev–Trinajstić information content (AvgIpc) is 2.84. The van der Waals surface area contributed by atoms with Crippen molar-refractivity contribution in [2.75, 3.05) is 19.6 Å². The van der Waals surface area contributed by atoms with Crippen molar-refractivity contribution < 1.29 is 23.5 Å². The number of pyridine rings is 1. The molecule has 35 heavy (non-hydrogen) atoms. The molecule has 10 nitrogen and oxygen atoms in total. The van der Waals surface area contributed by atoms with Crippen LogP contribution in [0.2, 0.25) is 0 Å². The molecule has 2 aliphatic rings. The molecule has 1 aliphatic carbocycles. The normalized spacial score (nSPS) is 17.9. The van der Waals surface area contributed by atoms with Crippen LogP contribution in [0.3, 0.4) is 0 Å². The van der Waals surface area contributed by atoms with Crippen molar-refractivity contribution in [1.82, 2.24) is 24.6 Å². The molecule has 1 saturated heterocycles. The van der Waals surface area contributed by atoms with E-state index in [1.807, 2.05) is 24.3 Å². The van der Waals surface area contributed by atoms with Crippen molar-refractivity contribution in [2.24, 2.45) is 5.92 Å². The highest BCUT2D eigenvalue weighted by molar-refractivity contribution is 7.87. The van der Waals surface area contributed by atoms with Crippen LogP contribution < -0.4 is 15.4 Å². The average molecular weight is 506 g/mol. The Bertz CT molecular complexity index is 1110. The summed E-state index contributed by atoms with van der Waals surface area (Å²) in [7, 11) is -3.85. The van der Waals surface area contributed by atoms with E-state index in [9.17, 15) is 18.0 Å². The molecule has 1 aromatic carbocycles. The lowest BCUT2D eigenvalue weighted by molar-refractivity contribution is 0.0951. The maximum absolute atomic E-state index is 12.7. The molecule has 0 unspecified atom stereocenters. The predicted molar refractivity (Wildman–Crippen MR) is 134 cm³/mol. The molecule has 5 N–H and O–H groups in total. The lowest BCUT2D eigenvalue weighted by Crippen LogP contribution is -2.51. The van der Waals surface area contributed by atoms with Crippen molar-refractivity contribution in [3.05, 3.63) is 42.1 Å². The fourth-order valence-electron chi connectivity index (χ4n) is 4.86. The third kappa shape index (κ3) is 7.12. The first kappa shape index (κ1) is 26.8. The Labute approximate surface area is 206 Å². The molecule has 0 bridgehead atoms. The van der Waals surface area contributed by atoms with Crippen LogP contribution in [-0.2, 0) is 10.2 Å². The van der Waals surface area contributed by atoms with Crippen LogP contribution >= 0.6 is 0 Å². The SMILES string of the molecule is O.O=C(NC1CCCCC1)NS(=O)(=O)N1CCC(CCNC(=O)c2ccnc3ccccc23)CC1. The molecule has 3 amide bonds. The lowest BCUT2D eigenvalue weighted by Gasteiger charge is -2.31. The van der Waals surface area contributed by atoms with Gasteiger partial charge >= 0.3 is 16.2 Å². The number of hydrogen-bond acceptors (Lipinski definition) is 5. The number of rotatable bonds is 7. The van der Waals surface area contributed by atoms with Gasteiger partial charge in [0.15, 0.2) is 0 Å². The van der Waals surface area contributed by atoms with Crippen molar-refractivity contribution in [3.8, 4) is 0 Å². The summed E-state index contributed by atoms with van der Waals surface area (Å²) in [4.78, 5) is 29.1. The fourth-order valence-corrected chi connectivity index (χ4v) is 5.97. The van der Waals surface area contributed by atoms with Gasteiger partial charge in [-0.25, -0.2) is 9.52 Å². The maximum atomic E-state index is 12.7. The highest BCUT2D eigenvalue weighted by Gasteiger charge is 2.30. The smallest absolute Gasteiger partial charge is 0.329 e. The van der Waals surface area contributed by atoms with Crippen LogP contribution in [0, 0.1) is 5.92 Å². The Morgan fingerprint density at radius 3 is 2.46 bits per heavy atom. The van der Waals surface area contributed by atoms with Crippen LogP contribution in [-0.4, -0.2) is 60.8 Å². The van der Waals surface area contributed by atoms with E-state index in [0.717, 1.165) is 49.4 Å². The standard InChI is InChI=1S/C24H33N5O4S.H2O/c30-23(21-11-15-25-22-9-5-4-8-20(21)22)26-14-10-18-12-16-29(17-13-18)34(32,33)28-24(31)27-19-6-2-1-3-7-19;/h4-5,8-9,11,15,18-19H,1-3,6-7,10,12-14,16-17H2,(H,26,30)(H2,27,28,31);1H2. The number of nitrogens with zero attached hydrogens (tertiary/aromatic N) is 2. The predicted octanol–water partition coefficient (Wildman–Crippen LogP) is 2.12. The van der Waals surface area contributed by atoms with E-state index >= 15 is 0 Å². The van der Waals surface area contributed by atoms with Crippen LogP contribution in [0.15, 0.2) is 36.5 Å². The van der Waals surface area contributed by atoms with Gasteiger partial charge in [0, 0.05) is 37.3 Å². The Kier molecular flexibility index (Phi) is 9.41. The third-order valence-corrected chi connectivity index (χ3v) is 8.30. The molecular formula is C24H35N5O5S. The van der Waals surface area contributed by atoms with Crippen molar-refractivity contribution >= 4 is 33.1 Å². The zero-order chi connectivity index (χ0) is 24.0. The van der Waals surface area contributed by atoms with Gasteiger partial charge < -0.3 is 16.1 Å². The minimum absolute atomic E-state index is 0. The zero-order valence-corrected chi connectivity index (χ0v) is 20.6. The molecule has 4 rings (SSSR count). The minimum atomic E-state index is -3.85. The lowest BCUT2D eigenvalue weighted by atomic mass is 9.94. The van der Waals surface area contributed by atoms with E-state index in [0.29, 0.717) is 44.0 Å². The number of hydrogen-bond donors (Lipinski definition) is 3. The second kappa shape index (κ2) is 12.3. The summed E-state index contributed by atoms with van der Waals surface area (Å²) < 4.78 is 28.7. The number of carbonyl (C=O) groups is 2. The number of nitrogens with one attached hydrogen (secondary N) is 3. The number of carbonyl (C=O) groups excluding carboxylic acids is 2. The summed E-state index contributed by atoms with van der Waals surface area (Å²) in [5.41, 5.74) is 1.38. The molecule has 1 aliphatic heterocycles. The van der Waals surface area contributed by atoms with Gasteiger partial charge in [-0.2, -0.15) is 12.7 Å². The summed E-state index contributed by atoms with van der Waals surface area (Å²) in [5.74, 6) is 0.184. The second-order valence-corrected chi connectivity index (χ2v) is 10.8. The maximum Gasteiger partial charge on any atom is 0.329 e. The summed E-state index contributed by atoms with van der Waals surface area (Å²) in [6.45, 7) is 1.24. The Morgan fingerprint density at radius 1 is 1.00 bits per heavy atom. The summed E-state index contributed by atoms with van der Waals surface area (Å²) in [5, 5.41) is 6.59. The van der Waals surface area contributed by atoms with E-state index in [2.05, 4.69) is 20.3 Å². The monoisotopic (exact) mass is 505 g/mol. The van der Waals surface area contributed by atoms with E-state index in [4.69, 9.17) is 0 Å². The van der Waals surface area contributed by atoms with Gasteiger partial charge in [0.1, 0.15) is 0 Å². The largest absolute Gasteiger partial charge is 0.412 e. The van der Waals surface area contributed by atoms with Crippen LogP contribution in [0.1, 0.15) is 61.7 Å². The molecule has 11 heteroatoms. The fraction of sp³-hybridized carbons (Fsp3) is 0.542. The van der Waals surface area contributed by atoms with Crippen LogP contribution in [0.25, 0.3) is 10.9 Å². The second-order valence-electron chi connectivity index (χ2n) is 9.18. The van der Waals surface area contributed by atoms with Crippen molar-refractivity contribution in [1.29, 1.82) is 0 Å². The molecule has 2 aromatic rings. The number of para-hydroxylation sites is 1. The van der Waals surface area contributed by atoms with Gasteiger partial charge in [-0.3, -0.25) is 9.78 Å². The van der Waals surface area contributed by atoms with E-state index in [1.54, 1.807) is 12.3 Å². The molecule has 0 spiro atoms. The Morgan fingerprint density at radius 2 is 1.71 bits per heavy atom. The van der Waals surface area contributed by atoms with Crippen molar-refractivity contribution in [3.63, 3.8) is 0 Å². The first-order valence-corrected chi connectivity index (χ1v) is 13.6. The molecule has 192 valence electrons. The Balaban J connectivity index is 0.00000342. The van der Waals surface area contributed by atoms with E-state index in [-0.39, 0.29) is 17.4 Å². The molecule has 0 atom stereocenters. The molecule has 1 aromatic heterocycles. The van der Waals surface area contributed by atoms with Gasteiger partial charge in [0.2, 0.25) is 0 Å². The number of benzene rings is 1. The number of aromatic nitrogens is 1. The van der Waals surface area contributed by atoms with Gasteiger partial charge in [-0.1, -0.05) is 37.5 Å². The van der Waals surface area contributed by atoms with Crippen LogP contribution in [0.4, 0.5) is 4.79 Å². The van der Waals surface area contributed by atoms with Crippen molar-refractivity contribution in [2.45, 2.75) is 57.4 Å². The highest BCUT2D eigenvalue weighted by atomic mass is 32.2. The number of piperidine rings is 1. The third-order valence-electron chi connectivity index (χ3n) is 6.81. The van der Waals surface area contributed by atoms with Crippen LogP contribution in [0.5, 0.6) is 0 Å². The number of urea groups is 1.